The fraction of sp³-hybridized carbons (Fsp3) is 0.429. The average molecular weight is 509 g/mol. The van der Waals surface area contributed by atoms with Gasteiger partial charge in [-0.25, -0.2) is 0 Å². The maximum atomic E-state index is 13.2. The van der Waals surface area contributed by atoms with Gasteiger partial charge in [0.15, 0.2) is 5.76 Å². The molecule has 1 atom stereocenters. The molecule has 0 spiro atoms. The lowest BCUT2D eigenvalue weighted by Crippen LogP contribution is -2.42. The van der Waals surface area contributed by atoms with E-state index < -0.39 is 0 Å². The molecule has 1 aliphatic carbocycles. The number of nitrogens with one attached hydrogen (secondary N) is 3. The second-order valence-electron chi connectivity index (χ2n) is 9.97. The summed E-state index contributed by atoms with van der Waals surface area (Å²) in [5.74, 6) is 0.0287. The summed E-state index contributed by atoms with van der Waals surface area (Å²) in [4.78, 5) is 27.0. The number of carbonyl (C=O) groups is 2. The average Bonchev–Trinajstić information content (AvgIpc) is 3.52. The second-order valence-corrected chi connectivity index (χ2v) is 10.4. The summed E-state index contributed by atoms with van der Waals surface area (Å²) in [7, 11) is 1.93. The number of amides is 2. The molecule has 1 saturated heterocycles. The standard InChI is InChI=1S/C28H33ClN4O3/c1-30-28(11-6-3-7-12-28)24-25(31-18-34)22(29)14-20-15-23(36-26(20)24)27(35)32-21-10-13-33(17-21)16-19-8-4-2-5-9-19/h2,4-5,8-9,14-15,18,21,30H,3,6-7,10-13,16-17H2,1H3,(H,31,34)(H,32,35). The molecule has 3 aromatic rings. The van der Waals surface area contributed by atoms with Crippen molar-refractivity contribution in [3.8, 4) is 0 Å². The van der Waals surface area contributed by atoms with Crippen molar-refractivity contribution >= 4 is 40.6 Å². The smallest absolute Gasteiger partial charge is 0.287 e. The fourth-order valence-corrected chi connectivity index (χ4v) is 6.16. The Balaban J connectivity index is 1.40. The molecule has 2 aliphatic rings. The number of nitrogens with zero attached hydrogens (tertiary/aromatic N) is 1. The van der Waals surface area contributed by atoms with Gasteiger partial charge in [0.25, 0.3) is 5.91 Å². The number of hydrogen-bond donors (Lipinski definition) is 3. The van der Waals surface area contributed by atoms with Crippen LogP contribution in [0, 0.1) is 0 Å². The zero-order valence-electron chi connectivity index (χ0n) is 20.6. The van der Waals surface area contributed by atoms with Crippen LogP contribution in [0.5, 0.6) is 0 Å². The summed E-state index contributed by atoms with van der Waals surface area (Å²) in [5.41, 5.74) is 2.86. The number of carbonyl (C=O) groups excluding carboxylic acids is 2. The topological polar surface area (TPSA) is 86.6 Å². The Bertz CT molecular complexity index is 1240. The Morgan fingerprint density at radius 2 is 1.97 bits per heavy atom. The molecule has 5 rings (SSSR count). The van der Waals surface area contributed by atoms with Crippen LogP contribution in [0.4, 0.5) is 5.69 Å². The number of benzene rings is 2. The van der Waals surface area contributed by atoms with Crippen molar-refractivity contribution < 1.29 is 14.0 Å². The lowest BCUT2D eigenvalue weighted by atomic mass is 9.75. The predicted octanol–water partition coefficient (Wildman–Crippen LogP) is 5.04. The number of fused-ring (bicyclic) bond motifs is 1. The molecular weight excluding hydrogens is 476 g/mol. The SMILES string of the molecule is CNC1(c2c(NC=O)c(Cl)cc3cc(C(=O)NC4CCN(Cc5ccccc5)C4)oc23)CCCCC1. The summed E-state index contributed by atoms with van der Waals surface area (Å²) in [6.07, 6.45) is 6.61. The Morgan fingerprint density at radius 3 is 2.69 bits per heavy atom. The van der Waals surface area contributed by atoms with Crippen molar-refractivity contribution in [2.45, 2.75) is 56.7 Å². The zero-order valence-corrected chi connectivity index (χ0v) is 21.4. The van der Waals surface area contributed by atoms with Crippen LogP contribution < -0.4 is 16.0 Å². The van der Waals surface area contributed by atoms with E-state index in [0.29, 0.717) is 22.7 Å². The van der Waals surface area contributed by atoms with Gasteiger partial charge in [-0.3, -0.25) is 14.5 Å². The first-order chi connectivity index (χ1) is 17.5. The molecule has 2 fully saturated rings. The molecule has 7 nitrogen and oxygen atoms in total. The summed E-state index contributed by atoms with van der Waals surface area (Å²) in [5, 5.41) is 10.6. The van der Waals surface area contributed by atoms with Crippen LogP contribution in [0.1, 0.15) is 60.2 Å². The van der Waals surface area contributed by atoms with Gasteiger partial charge in [-0.05, 0) is 44.0 Å². The Labute approximate surface area is 216 Å². The highest BCUT2D eigenvalue weighted by atomic mass is 35.5. The number of hydrogen-bond acceptors (Lipinski definition) is 5. The third-order valence-electron chi connectivity index (χ3n) is 7.71. The molecular formula is C28H33ClN4O3. The van der Waals surface area contributed by atoms with Gasteiger partial charge in [-0.1, -0.05) is 61.2 Å². The monoisotopic (exact) mass is 508 g/mol. The first-order valence-electron chi connectivity index (χ1n) is 12.8. The van der Waals surface area contributed by atoms with E-state index in [2.05, 4.69) is 33.0 Å². The van der Waals surface area contributed by atoms with E-state index in [0.717, 1.165) is 69.1 Å². The number of furan rings is 1. The highest BCUT2D eigenvalue weighted by Gasteiger charge is 2.38. The lowest BCUT2D eigenvalue weighted by Gasteiger charge is -2.39. The quantitative estimate of drug-likeness (QED) is 0.371. The van der Waals surface area contributed by atoms with Crippen molar-refractivity contribution in [1.82, 2.24) is 15.5 Å². The third kappa shape index (κ3) is 4.88. The van der Waals surface area contributed by atoms with Gasteiger partial charge in [-0.2, -0.15) is 0 Å². The van der Waals surface area contributed by atoms with E-state index >= 15 is 0 Å². The molecule has 1 saturated carbocycles. The second kappa shape index (κ2) is 10.6. The van der Waals surface area contributed by atoms with Gasteiger partial charge in [0, 0.05) is 42.2 Å². The van der Waals surface area contributed by atoms with Gasteiger partial charge < -0.3 is 20.4 Å². The van der Waals surface area contributed by atoms with Crippen LogP contribution >= 0.6 is 11.6 Å². The molecule has 3 N–H and O–H groups in total. The number of rotatable bonds is 8. The predicted molar refractivity (Wildman–Crippen MR) is 142 cm³/mol. The maximum absolute atomic E-state index is 13.2. The minimum atomic E-state index is -0.387. The van der Waals surface area contributed by atoms with Gasteiger partial charge in [0.2, 0.25) is 6.41 Å². The van der Waals surface area contributed by atoms with E-state index in [-0.39, 0.29) is 23.2 Å². The van der Waals surface area contributed by atoms with Crippen LogP contribution in [-0.4, -0.2) is 43.4 Å². The van der Waals surface area contributed by atoms with Crippen molar-refractivity contribution in [2.24, 2.45) is 0 Å². The Kier molecular flexibility index (Phi) is 7.32. The summed E-state index contributed by atoms with van der Waals surface area (Å²) >= 11 is 6.64. The van der Waals surface area contributed by atoms with Crippen LogP contribution in [0.25, 0.3) is 11.0 Å². The van der Waals surface area contributed by atoms with E-state index in [1.54, 1.807) is 12.1 Å². The van der Waals surface area contributed by atoms with E-state index in [1.807, 2.05) is 25.2 Å². The van der Waals surface area contributed by atoms with Crippen molar-refractivity contribution in [3.05, 3.63) is 64.4 Å². The molecule has 8 heteroatoms. The molecule has 2 heterocycles. The molecule has 0 radical (unpaired) electrons. The van der Waals surface area contributed by atoms with Gasteiger partial charge >= 0.3 is 0 Å². The van der Waals surface area contributed by atoms with Crippen molar-refractivity contribution in [2.75, 3.05) is 25.5 Å². The summed E-state index contributed by atoms with van der Waals surface area (Å²) < 4.78 is 6.24. The van der Waals surface area contributed by atoms with Crippen LogP contribution in [-0.2, 0) is 16.9 Å². The molecule has 0 bridgehead atoms. The first kappa shape index (κ1) is 24.8. The highest BCUT2D eigenvalue weighted by molar-refractivity contribution is 6.34. The van der Waals surface area contributed by atoms with Gasteiger partial charge in [-0.15, -0.1) is 0 Å². The molecule has 190 valence electrons. The Morgan fingerprint density at radius 1 is 1.19 bits per heavy atom. The minimum Gasteiger partial charge on any atom is -0.450 e. The molecule has 1 aromatic heterocycles. The zero-order chi connectivity index (χ0) is 25.1. The van der Waals surface area contributed by atoms with Gasteiger partial charge in [0.05, 0.1) is 10.7 Å². The lowest BCUT2D eigenvalue weighted by molar-refractivity contribution is -0.105. The van der Waals surface area contributed by atoms with Crippen molar-refractivity contribution in [3.63, 3.8) is 0 Å². The molecule has 1 unspecified atom stereocenters. The van der Waals surface area contributed by atoms with E-state index in [9.17, 15) is 9.59 Å². The first-order valence-corrected chi connectivity index (χ1v) is 13.1. The van der Waals surface area contributed by atoms with Crippen LogP contribution in [0.3, 0.4) is 0 Å². The molecule has 1 aliphatic heterocycles. The minimum absolute atomic E-state index is 0.0618. The summed E-state index contributed by atoms with van der Waals surface area (Å²) in [6, 6.07) is 14.0. The van der Waals surface area contributed by atoms with Crippen LogP contribution in [0.15, 0.2) is 46.9 Å². The highest BCUT2D eigenvalue weighted by Crippen LogP contribution is 2.47. The number of anilines is 1. The number of likely N-dealkylation sites (tertiary alicyclic amines) is 1. The fourth-order valence-electron chi connectivity index (χ4n) is 5.89. The molecule has 2 aromatic carbocycles. The van der Waals surface area contributed by atoms with Gasteiger partial charge in [0.1, 0.15) is 5.58 Å². The largest absolute Gasteiger partial charge is 0.450 e. The normalized spacial score (nSPS) is 19.9. The summed E-state index contributed by atoms with van der Waals surface area (Å²) in [6.45, 7) is 2.61. The van der Waals surface area contributed by atoms with Crippen LogP contribution in [0.2, 0.25) is 5.02 Å². The molecule has 2 amide bonds. The van der Waals surface area contributed by atoms with Crippen molar-refractivity contribution in [1.29, 1.82) is 0 Å². The molecule has 36 heavy (non-hydrogen) atoms. The third-order valence-corrected chi connectivity index (χ3v) is 8.00. The van der Waals surface area contributed by atoms with E-state index in [4.69, 9.17) is 16.0 Å². The maximum Gasteiger partial charge on any atom is 0.287 e. The Hall–Kier alpha value is -2.87. The number of halogens is 1. The van der Waals surface area contributed by atoms with E-state index in [1.165, 1.54) is 5.56 Å².